The van der Waals surface area contributed by atoms with Crippen LogP contribution in [0.1, 0.15) is 71.1 Å². The maximum absolute atomic E-state index is 11.6. The number of amides is 1. The highest BCUT2D eigenvalue weighted by molar-refractivity contribution is 8.77. The molecule has 2 nitrogen and oxygen atoms in total. The van der Waals surface area contributed by atoms with Gasteiger partial charge in [0.15, 0.2) is 0 Å². The van der Waals surface area contributed by atoms with Crippen molar-refractivity contribution in [2.75, 3.05) is 12.3 Å². The van der Waals surface area contributed by atoms with Gasteiger partial charge in [0.2, 0.25) is 5.91 Å². The lowest BCUT2D eigenvalue weighted by molar-refractivity contribution is -0.121. The molecule has 0 spiro atoms. The highest BCUT2D eigenvalue weighted by Crippen LogP contribution is 2.39. The molecule has 0 aliphatic carbocycles. The van der Waals surface area contributed by atoms with E-state index in [1.165, 1.54) is 50.7 Å². The predicted octanol–water partition coefficient (Wildman–Crippen LogP) is 4.79. The van der Waals surface area contributed by atoms with Gasteiger partial charge in [-0.25, -0.2) is 0 Å². The van der Waals surface area contributed by atoms with E-state index in [9.17, 15) is 4.79 Å². The van der Waals surface area contributed by atoms with Crippen LogP contribution in [0.5, 0.6) is 0 Å². The van der Waals surface area contributed by atoms with Crippen molar-refractivity contribution >= 4 is 27.5 Å². The SMILES string of the molecule is CCCCCCCNC(=O)CCCC[C@@H]1CCSS1. The Balaban J connectivity index is 1.82. The lowest BCUT2D eigenvalue weighted by Crippen LogP contribution is -2.24. The first-order chi connectivity index (χ1) is 9.33. The first-order valence-corrected chi connectivity index (χ1v) is 10.3. The summed E-state index contributed by atoms with van der Waals surface area (Å²) >= 11 is 0. The molecule has 0 unspecified atom stereocenters. The molecule has 1 amide bonds. The molecule has 19 heavy (non-hydrogen) atoms. The van der Waals surface area contributed by atoms with Crippen LogP contribution in [-0.4, -0.2) is 23.5 Å². The first kappa shape index (κ1) is 17.2. The van der Waals surface area contributed by atoms with E-state index < -0.39 is 0 Å². The zero-order valence-electron chi connectivity index (χ0n) is 12.3. The predicted molar refractivity (Wildman–Crippen MR) is 88.7 cm³/mol. The monoisotopic (exact) mass is 303 g/mol. The third kappa shape index (κ3) is 9.67. The van der Waals surface area contributed by atoms with Crippen LogP contribution in [0.2, 0.25) is 0 Å². The number of hydrogen-bond acceptors (Lipinski definition) is 3. The Morgan fingerprint density at radius 1 is 1.16 bits per heavy atom. The van der Waals surface area contributed by atoms with E-state index in [0.717, 1.165) is 31.1 Å². The van der Waals surface area contributed by atoms with Crippen molar-refractivity contribution in [3.8, 4) is 0 Å². The lowest BCUT2D eigenvalue weighted by Gasteiger charge is -2.07. The number of unbranched alkanes of at least 4 members (excludes halogenated alkanes) is 5. The van der Waals surface area contributed by atoms with Crippen LogP contribution in [0, 0.1) is 0 Å². The average molecular weight is 304 g/mol. The van der Waals surface area contributed by atoms with E-state index in [0.29, 0.717) is 0 Å². The minimum Gasteiger partial charge on any atom is -0.356 e. The standard InChI is InChI=1S/C15H29NOS2/c1-2-3-4-5-8-12-16-15(17)10-7-6-9-14-11-13-18-19-14/h14H,2-13H2,1H3,(H,16,17)/t14-/m1/s1. The van der Waals surface area contributed by atoms with E-state index >= 15 is 0 Å². The van der Waals surface area contributed by atoms with Crippen molar-refractivity contribution in [1.82, 2.24) is 5.32 Å². The van der Waals surface area contributed by atoms with E-state index in [4.69, 9.17) is 0 Å². The molecule has 1 aliphatic rings. The van der Waals surface area contributed by atoms with Crippen LogP contribution in [0.15, 0.2) is 0 Å². The number of carbonyl (C=O) groups is 1. The number of carbonyl (C=O) groups excluding carboxylic acids is 1. The van der Waals surface area contributed by atoms with Crippen LogP contribution in [0.4, 0.5) is 0 Å². The molecule has 1 aliphatic heterocycles. The molecule has 1 saturated heterocycles. The zero-order chi connectivity index (χ0) is 13.8. The molecule has 4 heteroatoms. The summed E-state index contributed by atoms with van der Waals surface area (Å²) in [7, 11) is 4.04. The maximum Gasteiger partial charge on any atom is 0.219 e. The summed E-state index contributed by atoms with van der Waals surface area (Å²) < 4.78 is 0. The van der Waals surface area contributed by atoms with Gasteiger partial charge in [0.05, 0.1) is 0 Å². The van der Waals surface area contributed by atoms with Crippen LogP contribution < -0.4 is 5.32 Å². The van der Waals surface area contributed by atoms with Crippen molar-refractivity contribution in [3.63, 3.8) is 0 Å². The quantitative estimate of drug-likeness (QED) is 0.439. The fourth-order valence-electron chi connectivity index (χ4n) is 2.27. The Labute approximate surface area is 126 Å². The normalized spacial score (nSPS) is 18.7. The van der Waals surface area contributed by atoms with E-state index in [1.54, 1.807) is 0 Å². The van der Waals surface area contributed by atoms with Gasteiger partial charge < -0.3 is 5.32 Å². The van der Waals surface area contributed by atoms with E-state index in [-0.39, 0.29) is 5.91 Å². The zero-order valence-corrected chi connectivity index (χ0v) is 13.9. The molecule has 0 aromatic rings. The van der Waals surface area contributed by atoms with Crippen LogP contribution in [0.25, 0.3) is 0 Å². The van der Waals surface area contributed by atoms with Gasteiger partial charge in [-0.3, -0.25) is 4.79 Å². The molecular weight excluding hydrogens is 274 g/mol. The molecule has 1 atom stereocenters. The maximum atomic E-state index is 11.6. The molecule has 1 fully saturated rings. The van der Waals surface area contributed by atoms with Gasteiger partial charge in [0, 0.05) is 24.0 Å². The lowest BCUT2D eigenvalue weighted by atomic mass is 10.1. The van der Waals surface area contributed by atoms with Crippen molar-refractivity contribution in [3.05, 3.63) is 0 Å². The van der Waals surface area contributed by atoms with E-state index in [2.05, 4.69) is 12.2 Å². The molecule has 0 bridgehead atoms. The van der Waals surface area contributed by atoms with Crippen molar-refractivity contribution in [2.45, 2.75) is 76.4 Å². The second-order valence-electron chi connectivity index (χ2n) is 5.34. The van der Waals surface area contributed by atoms with Crippen molar-refractivity contribution in [2.24, 2.45) is 0 Å². The van der Waals surface area contributed by atoms with Crippen LogP contribution in [-0.2, 0) is 4.79 Å². The van der Waals surface area contributed by atoms with Crippen LogP contribution >= 0.6 is 21.6 Å². The van der Waals surface area contributed by atoms with E-state index in [1.807, 2.05) is 21.6 Å². The number of nitrogens with one attached hydrogen (secondary N) is 1. The molecule has 0 aromatic carbocycles. The largest absolute Gasteiger partial charge is 0.356 e. The van der Waals surface area contributed by atoms with Gasteiger partial charge in [-0.05, 0) is 25.7 Å². The molecular formula is C15H29NOS2. The highest BCUT2D eigenvalue weighted by Gasteiger charge is 2.15. The average Bonchev–Trinajstić information content (AvgIpc) is 2.92. The fourth-order valence-corrected chi connectivity index (χ4v) is 5.29. The summed E-state index contributed by atoms with van der Waals surface area (Å²) in [6.45, 7) is 3.10. The van der Waals surface area contributed by atoms with Gasteiger partial charge in [-0.15, -0.1) is 0 Å². The Morgan fingerprint density at radius 3 is 2.74 bits per heavy atom. The number of hydrogen-bond donors (Lipinski definition) is 1. The summed E-state index contributed by atoms with van der Waals surface area (Å²) in [5.41, 5.74) is 0. The molecule has 0 aromatic heterocycles. The van der Waals surface area contributed by atoms with Gasteiger partial charge >= 0.3 is 0 Å². The Bertz CT molecular complexity index is 230. The highest BCUT2D eigenvalue weighted by atomic mass is 33.1. The third-order valence-corrected chi connectivity index (χ3v) is 6.52. The fraction of sp³-hybridized carbons (Fsp3) is 0.933. The minimum atomic E-state index is 0.254. The second kappa shape index (κ2) is 12.0. The first-order valence-electron chi connectivity index (χ1n) is 7.88. The summed E-state index contributed by atoms with van der Waals surface area (Å²) in [4.78, 5) is 11.6. The molecule has 1 rings (SSSR count). The molecule has 0 radical (unpaired) electrons. The van der Waals surface area contributed by atoms with Crippen LogP contribution in [0.3, 0.4) is 0 Å². The van der Waals surface area contributed by atoms with Crippen molar-refractivity contribution in [1.29, 1.82) is 0 Å². The number of rotatable bonds is 11. The Kier molecular flexibility index (Phi) is 10.8. The molecule has 112 valence electrons. The van der Waals surface area contributed by atoms with Crippen molar-refractivity contribution < 1.29 is 4.79 Å². The molecule has 1 N–H and O–H groups in total. The van der Waals surface area contributed by atoms with Gasteiger partial charge in [0.25, 0.3) is 0 Å². The minimum absolute atomic E-state index is 0.254. The third-order valence-electron chi connectivity index (χ3n) is 3.51. The van der Waals surface area contributed by atoms with Gasteiger partial charge in [-0.1, -0.05) is 60.6 Å². The summed E-state index contributed by atoms with van der Waals surface area (Å²) in [6.07, 6.45) is 12.0. The van der Waals surface area contributed by atoms with Gasteiger partial charge in [0.1, 0.15) is 0 Å². The smallest absolute Gasteiger partial charge is 0.219 e. The summed E-state index contributed by atoms with van der Waals surface area (Å²) in [5.74, 6) is 1.57. The second-order valence-corrected chi connectivity index (χ2v) is 8.13. The molecule has 0 saturated carbocycles. The Hall–Kier alpha value is 0.170. The summed E-state index contributed by atoms with van der Waals surface area (Å²) in [5, 5.41) is 3.89. The topological polar surface area (TPSA) is 29.1 Å². The molecule has 1 heterocycles. The Morgan fingerprint density at radius 2 is 2.00 bits per heavy atom. The summed E-state index contributed by atoms with van der Waals surface area (Å²) in [6, 6.07) is 0. The van der Waals surface area contributed by atoms with Gasteiger partial charge in [-0.2, -0.15) is 0 Å².